The third-order valence-electron chi connectivity index (χ3n) is 2.01. The standard InChI is InChI=1S/C11H16F3N3S/c1-2-4-16-10-8-9(3-5-17-10)15-6-7-18-11(12,13)14/h3,5,8H,2,4,6-7H2,1H3,(H2,15,16,17). The van der Waals surface area contributed by atoms with Crippen molar-refractivity contribution in [3.63, 3.8) is 0 Å². The average molecular weight is 279 g/mol. The summed E-state index contributed by atoms with van der Waals surface area (Å²) in [6.07, 6.45) is 2.61. The number of hydrogen-bond donors (Lipinski definition) is 2. The topological polar surface area (TPSA) is 37.0 Å². The van der Waals surface area contributed by atoms with E-state index in [4.69, 9.17) is 0 Å². The quantitative estimate of drug-likeness (QED) is 0.748. The van der Waals surface area contributed by atoms with Gasteiger partial charge in [0.05, 0.1) is 0 Å². The first kappa shape index (κ1) is 14.9. The number of pyridine rings is 1. The van der Waals surface area contributed by atoms with Gasteiger partial charge in [-0.3, -0.25) is 0 Å². The van der Waals surface area contributed by atoms with Gasteiger partial charge in [-0.2, -0.15) is 13.2 Å². The smallest absolute Gasteiger partial charge is 0.384 e. The first-order valence-electron chi connectivity index (χ1n) is 5.66. The van der Waals surface area contributed by atoms with Gasteiger partial charge in [0.2, 0.25) is 0 Å². The number of hydrogen-bond acceptors (Lipinski definition) is 4. The minimum Gasteiger partial charge on any atom is -0.384 e. The number of rotatable bonds is 7. The van der Waals surface area contributed by atoms with E-state index in [1.165, 1.54) is 0 Å². The van der Waals surface area contributed by atoms with Crippen LogP contribution >= 0.6 is 11.8 Å². The Morgan fingerprint density at radius 1 is 1.28 bits per heavy atom. The van der Waals surface area contributed by atoms with E-state index in [0.29, 0.717) is 0 Å². The molecule has 0 aliphatic carbocycles. The predicted molar refractivity (Wildman–Crippen MR) is 70.0 cm³/mol. The van der Waals surface area contributed by atoms with Crippen LogP contribution in [0.5, 0.6) is 0 Å². The Labute approximate surface area is 109 Å². The summed E-state index contributed by atoms with van der Waals surface area (Å²) in [5.41, 5.74) is -3.39. The molecule has 1 rings (SSSR count). The summed E-state index contributed by atoms with van der Waals surface area (Å²) in [6.45, 7) is 3.13. The highest BCUT2D eigenvalue weighted by atomic mass is 32.2. The predicted octanol–water partition coefficient (Wildman–Crippen LogP) is 3.57. The van der Waals surface area contributed by atoms with Gasteiger partial charge in [-0.1, -0.05) is 6.92 Å². The molecule has 0 unspecified atom stereocenters. The Hall–Kier alpha value is -1.11. The number of nitrogens with zero attached hydrogens (tertiary/aromatic N) is 1. The van der Waals surface area contributed by atoms with Gasteiger partial charge >= 0.3 is 5.51 Å². The van der Waals surface area contributed by atoms with E-state index in [9.17, 15) is 13.2 Å². The summed E-state index contributed by atoms with van der Waals surface area (Å²) in [5.74, 6) is 0.717. The van der Waals surface area contributed by atoms with Gasteiger partial charge < -0.3 is 10.6 Å². The number of nitrogens with one attached hydrogen (secondary N) is 2. The molecule has 0 aliphatic heterocycles. The van der Waals surface area contributed by atoms with Gasteiger partial charge in [0, 0.05) is 36.8 Å². The molecule has 0 amide bonds. The van der Waals surface area contributed by atoms with Crippen LogP contribution in [-0.4, -0.2) is 29.3 Å². The minimum absolute atomic E-state index is 0.0104. The Morgan fingerprint density at radius 2 is 2.06 bits per heavy atom. The van der Waals surface area contributed by atoms with Crippen molar-refractivity contribution < 1.29 is 13.2 Å². The lowest BCUT2D eigenvalue weighted by atomic mass is 10.3. The van der Waals surface area contributed by atoms with Crippen molar-refractivity contribution in [1.82, 2.24) is 4.98 Å². The lowest BCUT2D eigenvalue weighted by Gasteiger charge is -2.09. The molecule has 102 valence electrons. The van der Waals surface area contributed by atoms with Crippen LogP contribution in [0.1, 0.15) is 13.3 Å². The van der Waals surface area contributed by atoms with Crippen LogP contribution in [0, 0.1) is 0 Å². The highest BCUT2D eigenvalue weighted by molar-refractivity contribution is 8.00. The highest BCUT2D eigenvalue weighted by Crippen LogP contribution is 2.29. The zero-order valence-corrected chi connectivity index (χ0v) is 10.9. The molecule has 0 aromatic carbocycles. The van der Waals surface area contributed by atoms with Crippen LogP contribution in [0.2, 0.25) is 0 Å². The third-order valence-corrected chi connectivity index (χ3v) is 2.75. The molecule has 1 aromatic heterocycles. The maximum Gasteiger partial charge on any atom is 0.441 e. The van der Waals surface area contributed by atoms with E-state index < -0.39 is 5.51 Å². The van der Waals surface area contributed by atoms with E-state index in [2.05, 4.69) is 15.6 Å². The van der Waals surface area contributed by atoms with Crippen LogP contribution < -0.4 is 10.6 Å². The lowest BCUT2D eigenvalue weighted by Crippen LogP contribution is -2.10. The molecule has 0 aliphatic rings. The second-order valence-electron chi connectivity index (χ2n) is 3.58. The van der Waals surface area contributed by atoms with Crippen molar-refractivity contribution in [2.75, 3.05) is 29.5 Å². The second-order valence-corrected chi connectivity index (χ2v) is 4.74. The molecule has 1 aromatic rings. The molecular formula is C11H16F3N3S. The van der Waals surface area contributed by atoms with Crippen molar-refractivity contribution in [2.45, 2.75) is 18.9 Å². The number of thioether (sulfide) groups is 1. The normalized spacial score (nSPS) is 11.3. The van der Waals surface area contributed by atoms with Gasteiger partial charge in [-0.25, -0.2) is 4.98 Å². The summed E-state index contributed by atoms with van der Waals surface area (Å²) in [7, 11) is 0. The molecule has 7 heteroatoms. The van der Waals surface area contributed by atoms with Crippen LogP contribution in [0.3, 0.4) is 0 Å². The first-order chi connectivity index (χ1) is 8.51. The largest absolute Gasteiger partial charge is 0.441 e. The highest BCUT2D eigenvalue weighted by Gasteiger charge is 2.27. The van der Waals surface area contributed by atoms with Gasteiger partial charge in [0.15, 0.2) is 0 Å². The Bertz CT molecular complexity index is 358. The van der Waals surface area contributed by atoms with Crippen molar-refractivity contribution in [3.8, 4) is 0 Å². The molecule has 2 N–H and O–H groups in total. The molecular weight excluding hydrogens is 263 g/mol. The Balaban J connectivity index is 2.33. The van der Waals surface area contributed by atoms with E-state index in [1.54, 1.807) is 18.3 Å². The summed E-state index contributed by atoms with van der Waals surface area (Å²) in [4.78, 5) is 4.11. The summed E-state index contributed by atoms with van der Waals surface area (Å²) in [6, 6.07) is 3.52. The van der Waals surface area contributed by atoms with E-state index in [0.717, 1.165) is 24.5 Å². The van der Waals surface area contributed by atoms with E-state index in [1.807, 2.05) is 6.92 Å². The molecule has 3 nitrogen and oxygen atoms in total. The SMILES string of the molecule is CCCNc1cc(NCCSC(F)(F)F)ccn1. The average Bonchev–Trinajstić information content (AvgIpc) is 2.31. The Morgan fingerprint density at radius 3 is 2.72 bits per heavy atom. The maximum atomic E-state index is 11.9. The minimum atomic E-state index is -4.16. The molecule has 18 heavy (non-hydrogen) atoms. The summed E-state index contributed by atoms with van der Waals surface area (Å²) >= 11 is -0.0229. The summed E-state index contributed by atoms with van der Waals surface area (Å²) in [5, 5.41) is 6.05. The van der Waals surface area contributed by atoms with Gasteiger partial charge in [0.1, 0.15) is 5.82 Å². The third kappa shape index (κ3) is 6.58. The molecule has 0 atom stereocenters. The molecule has 0 saturated carbocycles. The second kappa shape index (κ2) is 7.35. The van der Waals surface area contributed by atoms with Crippen LogP contribution in [0.25, 0.3) is 0 Å². The van der Waals surface area contributed by atoms with Gasteiger partial charge in [-0.15, -0.1) is 0 Å². The number of halogens is 3. The lowest BCUT2D eigenvalue weighted by molar-refractivity contribution is -0.0327. The monoisotopic (exact) mass is 279 g/mol. The van der Waals surface area contributed by atoms with Gasteiger partial charge in [-0.05, 0) is 24.2 Å². The Kier molecular flexibility index (Phi) is 6.11. The first-order valence-corrected chi connectivity index (χ1v) is 6.64. The van der Waals surface area contributed by atoms with Crippen molar-refractivity contribution in [2.24, 2.45) is 0 Å². The van der Waals surface area contributed by atoms with Gasteiger partial charge in [0.25, 0.3) is 0 Å². The molecule has 0 fully saturated rings. The van der Waals surface area contributed by atoms with Crippen LogP contribution in [0.15, 0.2) is 18.3 Å². The number of alkyl halides is 3. The fourth-order valence-electron chi connectivity index (χ4n) is 1.25. The van der Waals surface area contributed by atoms with Crippen LogP contribution in [-0.2, 0) is 0 Å². The zero-order valence-electron chi connectivity index (χ0n) is 10.0. The van der Waals surface area contributed by atoms with E-state index in [-0.39, 0.29) is 24.1 Å². The zero-order chi connectivity index (χ0) is 13.4. The maximum absolute atomic E-state index is 11.9. The van der Waals surface area contributed by atoms with Crippen molar-refractivity contribution >= 4 is 23.3 Å². The molecule has 0 saturated heterocycles. The molecule has 1 heterocycles. The number of aromatic nitrogens is 1. The fraction of sp³-hybridized carbons (Fsp3) is 0.545. The summed E-state index contributed by atoms with van der Waals surface area (Å²) < 4.78 is 35.7. The van der Waals surface area contributed by atoms with E-state index >= 15 is 0 Å². The molecule has 0 spiro atoms. The van der Waals surface area contributed by atoms with Crippen LogP contribution in [0.4, 0.5) is 24.7 Å². The van der Waals surface area contributed by atoms with Crippen molar-refractivity contribution in [1.29, 1.82) is 0 Å². The van der Waals surface area contributed by atoms with Crippen molar-refractivity contribution in [3.05, 3.63) is 18.3 Å². The molecule has 0 radical (unpaired) electrons. The molecule has 0 bridgehead atoms. The fourth-order valence-corrected chi connectivity index (χ4v) is 1.69. The number of anilines is 2.